The summed E-state index contributed by atoms with van der Waals surface area (Å²) >= 11 is 9.09. The molecule has 0 aliphatic rings. The second-order valence-electron chi connectivity index (χ2n) is 3.45. The first kappa shape index (κ1) is 12.0. The predicted molar refractivity (Wildman–Crippen MR) is 62.4 cm³/mol. The number of benzene rings is 1. The molecule has 0 saturated carbocycles. The quantitative estimate of drug-likeness (QED) is 0.710. The maximum atomic E-state index is 13.0. The molecule has 78 valence electrons. The fourth-order valence-corrected chi connectivity index (χ4v) is 2.01. The van der Waals surface area contributed by atoms with Crippen LogP contribution in [-0.2, 0) is 6.42 Å². The van der Waals surface area contributed by atoms with E-state index >= 15 is 0 Å². The van der Waals surface area contributed by atoms with E-state index in [1.54, 1.807) is 6.07 Å². The first-order chi connectivity index (χ1) is 6.58. The van der Waals surface area contributed by atoms with E-state index in [1.807, 2.05) is 13.0 Å². The van der Waals surface area contributed by atoms with Crippen molar-refractivity contribution in [2.75, 3.05) is 0 Å². The maximum absolute atomic E-state index is 13.0. The van der Waals surface area contributed by atoms with Crippen LogP contribution in [0, 0.1) is 5.82 Å². The van der Waals surface area contributed by atoms with Crippen LogP contribution in [0.25, 0.3) is 0 Å². The molecule has 0 saturated heterocycles. The van der Waals surface area contributed by atoms with Crippen LogP contribution >= 0.6 is 27.5 Å². The number of aryl methyl sites for hydroxylation is 1. The molecule has 0 aliphatic heterocycles. The summed E-state index contributed by atoms with van der Waals surface area (Å²) in [6, 6.07) is 4.99. The van der Waals surface area contributed by atoms with Crippen LogP contribution in [0.1, 0.15) is 25.3 Å². The molecule has 1 rings (SSSR count). The zero-order valence-corrected chi connectivity index (χ0v) is 10.4. The van der Waals surface area contributed by atoms with Gasteiger partial charge in [-0.2, -0.15) is 0 Å². The van der Waals surface area contributed by atoms with E-state index in [0.29, 0.717) is 0 Å². The summed E-state index contributed by atoms with van der Waals surface area (Å²) in [6.45, 7) is 1.98. The molecular weight excluding hydrogens is 266 g/mol. The lowest BCUT2D eigenvalue weighted by atomic mass is 10.1. The van der Waals surface area contributed by atoms with Crippen molar-refractivity contribution in [1.29, 1.82) is 0 Å². The van der Waals surface area contributed by atoms with Gasteiger partial charge in [-0.15, -0.1) is 11.6 Å². The average molecular weight is 280 g/mol. The number of alkyl halides is 1. The van der Waals surface area contributed by atoms with Crippen molar-refractivity contribution >= 4 is 27.5 Å². The second-order valence-corrected chi connectivity index (χ2v) is 5.11. The van der Waals surface area contributed by atoms with Gasteiger partial charge < -0.3 is 0 Å². The van der Waals surface area contributed by atoms with Crippen LogP contribution in [0.2, 0.25) is 0 Å². The van der Waals surface area contributed by atoms with Gasteiger partial charge in [-0.3, -0.25) is 0 Å². The summed E-state index contributed by atoms with van der Waals surface area (Å²) in [4.78, 5) is 0. The van der Waals surface area contributed by atoms with E-state index in [9.17, 15) is 4.39 Å². The van der Waals surface area contributed by atoms with Gasteiger partial charge in [0.05, 0.1) is 0 Å². The Morgan fingerprint density at radius 1 is 1.43 bits per heavy atom. The van der Waals surface area contributed by atoms with Gasteiger partial charge in [0.2, 0.25) is 0 Å². The Hall–Kier alpha value is -0.0800. The van der Waals surface area contributed by atoms with Gasteiger partial charge in [0, 0.05) is 9.85 Å². The molecular formula is C11H13BrClF. The number of halogens is 3. The van der Waals surface area contributed by atoms with Crippen molar-refractivity contribution in [2.45, 2.75) is 31.6 Å². The van der Waals surface area contributed by atoms with Crippen molar-refractivity contribution in [1.82, 2.24) is 0 Å². The van der Waals surface area contributed by atoms with Crippen LogP contribution < -0.4 is 0 Å². The van der Waals surface area contributed by atoms with E-state index in [1.165, 1.54) is 6.07 Å². The van der Waals surface area contributed by atoms with Crippen molar-refractivity contribution in [2.24, 2.45) is 0 Å². The third-order valence-corrected chi connectivity index (χ3v) is 2.67. The SMILES string of the molecule is CC(Cl)CCCc1cc(F)cc(Br)c1. The minimum Gasteiger partial charge on any atom is -0.207 e. The van der Waals surface area contributed by atoms with E-state index < -0.39 is 0 Å². The summed E-state index contributed by atoms with van der Waals surface area (Å²) in [5, 5.41) is 0.201. The molecule has 0 amide bonds. The van der Waals surface area contributed by atoms with Gasteiger partial charge in [0.15, 0.2) is 0 Å². The Labute approximate surface area is 97.6 Å². The van der Waals surface area contributed by atoms with Crippen LogP contribution in [0.3, 0.4) is 0 Å². The summed E-state index contributed by atoms with van der Waals surface area (Å²) in [6.07, 6.45) is 2.85. The van der Waals surface area contributed by atoms with Crippen LogP contribution in [-0.4, -0.2) is 5.38 Å². The standard InChI is InChI=1S/C11H13BrClF/c1-8(13)3-2-4-9-5-10(12)7-11(14)6-9/h5-8H,2-4H2,1H3. The molecule has 0 spiro atoms. The van der Waals surface area contributed by atoms with Gasteiger partial charge in [0.25, 0.3) is 0 Å². The summed E-state index contributed by atoms with van der Waals surface area (Å²) < 4.78 is 13.8. The lowest BCUT2D eigenvalue weighted by Crippen LogP contribution is -1.93. The Kier molecular flexibility index (Phi) is 4.90. The Morgan fingerprint density at radius 2 is 2.14 bits per heavy atom. The zero-order chi connectivity index (χ0) is 10.6. The summed E-state index contributed by atoms with van der Waals surface area (Å²) in [7, 11) is 0. The molecule has 0 heterocycles. The minimum atomic E-state index is -0.187. The van der Waals surface area contributed by atoms with Crippen LogP contribution in [0.15, 0.2) is 22.7 Å². The first-order valence-electron chi connectivity index (χ1n) is 4.67. The molecule has 0 radical (unpaired) electrons. The molecule has 1 unspecified atom stereocenters. The Bertz CT molecular complexity index is 279. The molecule has 0 aromatic heterocycles. The predicted octanol–water partition coefficient (Wildman–Crippen LogP) is 4.54. The van der Waals surface area contributed by atoms with Crippen molar-refractivity contribution in [3.8, 4) is 0 Å². The van der Waals surface area contributed by atoms with E-state index in [-0.39, 0.29) is 11.2 Å². The second kappa shape index (κ2) is 5.72. The van der Waals surface area contributed by atoms with Crippen molar-refractivity contribution < 1.29 is 4.39 Å². The highest BCUT2D eigenvalue weighted by Crippen LogP contribution is 2.17. The van der Waals surface area contributed by atoms with Gasteiger partial charge in [0.1, 0.15) is 5.82 Å². The molecule has 0 bridgehead atoms. The molecule has 0 N–H and O–H groups in total. The summed E-state index contributed by atoms with van der Waals surface area (Å²) in [5.41, 5.74) is 1.02. The number of rotatable bonds is 4. The molecule has 1 aromatic carbocycles. The van der Waals surface area contributed by atoms with E-state index in [0.717, 1.165) is 29.3 Å². The fourth-order valence-electron chi connectivity index (χ4n) is 1.34. The molecule has 0 nitrogen and oxygen atoms in total. The van der Waals surface area contributed by atoms with Crippen molar-refractivity contribution in [3.63, 3.8) is 0 Å². The highest BCUT2D eigenvalue weighted by molar-refractivity contribution is 9.10. The molecule has 3 heteroatoms. The molecule has 0 aliphatic carbocycles. The average Bonchev–Trinajstić information content (AvgIpc) is 2.01. The Morgan fingerprint density at radius 3 is 2.71 bits per heavy atom. The lowest BCUT2D eigenvalue weighted by molar-refractivity contribution is 0.622. The van der Waals surface area contributed by atoms with Gasteiger partial charge in [-0.1, -0.05) is 15.9 Å². The lowest BCUT2D eigenvalue weighted by Gasteiger charge is -2.04. The molecule has 14 heavy (non-hydrogen) atoms. The topological polar surface area (TPSA) is 0 Å². The van der Waals surface area contributed by atoms with E-state index in [2.05, 4.69) is 15.9 Å². The first-order valence-corrected chi connectivity index (χ1v) is 5.90. The van der Waals surface area contributed by atoms with Gasteiger partial charge in [-0.25, -0.2) is 4.39 Å². The van der Waals surface area contributed by atoms with E-state index in [4.69, 9.17) is 11.6 Å². The minimum absolute atomic E-state index is 0.187. The Balaban J connectivity index is 2.50. The highest BCUT2D eigenvalue weighted by atomic mass is 79.9. The zero-order valence-electron chi connectivity index (χ0n) is 8.06. The number of hydrogen-bond donors (Lipinski definition) is 0. The van der Waals surface area contributed by atoms with Gasteiger partial charge in [-0.05, 0) is 49.9 Å². The van der Waals surface area contributed by atoms with Gasteiger partial charge >= 0.3 is 0 Å². The third-order valence-electron chi connectivity index (χ3n) is 1.99. The largest absolute Gasteiger partial charge is 0.207 e. The monoisotopic (exact) mass is 278 g/mol. The molecule has 0 fully saturated rings. The molecule has 1 aromatic rings. The summed E-state index contributed by atoms with van der Waals surface area (Å²) in [5.74, 6) is -0.187. The third kappa shape index (κ3) is 4.43. The maximum Gasteiger partial charge on any atom is 0.124 e. The normalized spacial score (nSPS) is 12.9. The smallest absolute Gasteiger partial charge is 0.124 e. The molecule has 1 atom stereocenters. The van der Waals surface area contributed by atoms with Crippen LogP contribution in [0.5, 0.6) is 0 Å². The fraction of sp³-hybridized carbons (Fsp3) is 0.455. The number of hydrogen-bond acceptors (Lipinski definition) is 0. The van der Waals surface area contributed by atoms with Crippen molar-refractivity contribution in [3.05, 3.63) is 34.1 Å². The van der Waals surface area contributed by atoms with Crippen LogP contribution in [0.4, 0.5) is 4.39 Å². The highest BCUT2D eigenvalue weighted by Gasteiger charge is 2.01.